The third-order valence-corrected chi connectivity index (χ3v) is 13.6. The molecule has 5 aliphatic carbocycles. The van der Waals surface area contributed by atoms with Gasteiger partial charge in [-0.15, -0.1) is 0 Å². The number of hydrazone groups is 1. The van der Waals surface area contributed by atoms with Gasteiger partial charge in [-0.05, 0) is 117 Å². The number of hydrogen-bond donors (Lipinski definition) is 2. The van der Waals surface area contributed by atoms with Gasteiger partial charge in [0.25, 0.3) is 0 Å². The Kier molecular flexibility index (Phi) is 6.13. The number of rotatable bonds is 3. The monoisotopic (exact) mass is 510 g/mol. The first-order valence-electron chi connectivity index (χ1n) is 14.9. The zero-order chi connectivity index (χ0) is 27.2. The van der Waals surface area contributed by atoms with E-state index in [1.807, 2.05) is 0 Å². The average molecular weight is 511 g/mol. The van der Waals surface area contributed by atoms with E-state index < -0.39 is 11.4 Å². The molecule has 5 nitrogen and oxygen atoms in total. The third kappa shape index (κ3) is 3.43. The number of nitrogens with zero attached hydrogens (tertiary/aromatic N) is 1. The van der Waals surface area contributed by atoms with Crippen molar-refractivity contribution in [1.82, 2.24) is 5.43 Å². The molecule has 5 heteroatoms. The summed E-state index contributed by atoms with van der Waals surface area (Å²) in [6.07, 6.45) is 10.5. The Hall–Kier alpha value is -1.65. The normalized spacial score (nSPS) is 49.3. The smallest absolute Gasteiger partial charge is 0.309 e. The molecule has 0 aromatic carbocycles. The van der Waals surface area contributed by atoms with Gasteiger partial charge >= 0.3 is 5.97 Å². The Labute approximate surface area is 224 Å². The van der Waals surface area contributed by atoms with E-state index in [9.17, 15) is 14.7 Å². The summed E-state index contributed by atoms with van der Waals surface area (Å²) in [6.45, 7) is 20.5. The number of nitrogens with one attached hydrogen (secondary N) is 1. The fourth-order valence-electron chi connectivity index (χ4n) is 11.7. The minimum Gasteiger partial charge on any atom is -0.481 e. The number of carboxylic acids is 1. The summed E-state index contributed by atoms with van der Waals surface area (Å²) in [5, 5.41) is 15.2. The average Bonchev–Trinajstić information content (AvgIpc) is 3.20. The van der Waals surface area contributed by atoms with Crippen molar-refractivity contribution in [2.45, 2.75) is 113 Å². The van der Waals surface area contributed by atoms with Crippen molar-refractivity contribution in [3.63, 3.8) is 0 Å². The van der Waals surface area contributed by atoms with E-state index in [1.165, 1.54) is 31.8 Å². The lowest BCUT2D eigenvalue weighted by molar-refractivity contribution is -0.230. The molecule has 5 fully saturated rings. The predicted molar refractivity (Wildman–Crippen MR) is 148 cm³/mol. The van der Waals surface area contributed by atoms with Crippen LogP contribution < -0.4 is 5.43 Å². The van der Waals surface area contributed by atoms with Crippen LogP contribution in [0, 0.1) is 56.7 Å². The van der Waals surface area contributed by atoms with Gasteiger partial charge < -0.3 is 5.11 Å². The molecule has 0 aliphatic heterocycles. The standard InChI is InChI=1S/C32H50N2O3/c1-19(2)21-11-16-32(27(36)37)18-17-30(7)22(26(21)32)9-10-24-29(6)14-13-25(34-33-20(3)35)28(4,5)23(29)12-15-31(24,30)8/h21-24,26H,1,9-18H2,2-8H3,(H,33,35)(H,36,37)/b34-25+/t21-,22+,23-,24+,26+,29-,30+,31+,32-/m0/s1. The van der Waals surface area contributed by atoms with Crippen LogP contribution in [-0.2, 0) is 9.59 Å². The van der Waals surface area contributed by atoms with Crippen molar-refractivity contribution < 1.29 is 14.7 Å². The second kappa shape index (κ2) is 8.42. The summed E-state index contributed by atoms with van der Waals surface area (Å²) < 4.78 is 0. The van der Waals surface area contributed by atoms with Crippen LogP contribution in [0.3, 0.4) is 0 Å². The maximum Gasteiger partial charge on any atom is 0.309 e. The lowest BCUT2D eigenvalue weighted by atomic mass is 9.32. The molecular weight excluding hydrogens is 460 g/mol. The van der Waals surface area contributed by atoms with E-state index in [0.29, 0.717) is 23.7 Å². The third-order valence-electron chi connectivity index (χ3n) is 13.6. The zero-order valence-corrected chi connectivity index (χ0v) is 24.4. The molecule has 1 amide bonds. The molecule has 0 saturated heterocycles. The molecule has 5 rings (SSSR count). The summed E-state index contributed by atoms with van der Waals surface area (Å²) in [5.41, 5.74) is 5.05. The molecule has 5 aliphatic rings. The lowest BCUT2D eigenvalue weighted by Gasteiger charge is -2.72. The quantitative estimate of drug-likeness (QED) is 0.311. The highest BCUT2D eigenvalue weighted by Crippen LogP contribution is 2.77. The first kappa shape index (κ1) is 26.9. The number of aliphatic carboxylic acids is 1. The van der Waals surface area contributed by atoms with Gasteiger partial charge in [0.05, 0.1) is 5.41 Å². The fourth-order valence-corrected chi connectivity index (χ4v) is 11.7. The number of amides is 1. The number of fused-ring (bicyclic) bond motifs is 7. The van der Waals surface area contributed by atoms with Crippen molar-refractivity contribution in [2.75, 3.05) is 0 Å². The Morgan fingerprint density at radius 2 is 1.59 bits per heavy atom. The minimum absolute atomic E-state index is 0.0456. The van der Waals surface area contributed by atoms with Gasteiger partial charge in [-0.25, -0.2) is 5.43 Å². The predicted octanol–water partition coefficient (Wildman–Crippen LogP) is 7.22. The molecule has 0 unspecified atom stereocenters. The largest absolute Gasteiger partial charge is 0.481 e. The first-order chi connectivity index (χ1) is 17.1. The number of hydrogen-bond acceptors (Lipinski definition) is 3. The van der Waals surface area contributed by atoms with Crippen molar-refractivity contribution in [1.29, 1.82) is 0 Å². The number of allylic oxidation sites excluding steroid dienone is 1. The van der Waals surface area contributed by atoms with E-state index in [4.69, 9.17) is 0 Å². The van der Waals surface area contributed by atoms with Gasteiger partial charge in [-0.3, -0.25) is 9.59 Å². The topological polar surface area (TPSA) is 78.8 Å². The highest BCUT2D eigenvalue weighted by atomic mass is 16.4. The molecule has 37 heavy (non-hydrogen) atoms. The Morgan fingerprint density at radius 3 is 2.22 bits per heavy atom. The summed E-state index contributed by atoms with van der Waals surface area (Å²) in [4.78, 5) is 24.4. The fraction of sp³-hybridized carbons (Fsp3) is 0.844. The van der Waals surface area contributed by atoms with Crippen LogP contribution in [-0.4, -0.2) is 22.7 Å². The summed E-state index contributed by atoms with van der Waals surface area (Å²) in [7, 11) is 0. The summed E-state index contributed by atoms with van der Waals surface area (Å²) in [5.74, 6) is 1.54. The van der Waals surface area contributed by atoms with Crippen LogP contribution in [0.4, 0.5) is 0 Å². The van der Waals surface area contributed by atoms with Gasteiger partial charge in [-0.2, -0.15) is 5.10 Å². The second-order valence-electron chi connectivity index (χ2n) is 15.1. The van der Waals surface area contributed by atoms with Crippen LogP contribution in [0.25, 0.3) is 0 Å². The van der Waals surface area contributed by atoms with E-state index >= 15 is 0 Å². The molecule has 5 saturated carbocycles. The van der Waals surface area contributed by atoms with Crippen molar-refractivity contribution >= 4 is 17.6 Å². The van der Waals surface area contributed by atoms with Crippen molar-refractivity contribution in [3.05, 3.63) is 12.2 Å². The van der Waals surface area contributed by atoms with Gasteiger partial charge in [0.15, 0.2) is 0 Å². The van der Waals surface area contributed by atoms with Crippen LogP contribution in [0.2, 0.25) is 0 Å². The Bertz CT molecular complexity index is 1050. The van der Waals surface area contributed by atoms with Crippen molar-refractivity contribution in [2.24, 2.45) is 61.8 Å². The van der Waals surface area contributed by atoms with Crippen LogP contribution in [0.1, 0.15) is 113 Å². The zero-order valence-electron chi connectivity index (χ0n) is 24.4. The molecule has 0 spiro atoms. The molecule has 9 atom stereocenters. The first-order valence-corrected chi connectivity index (χ1v) is 14.9. The SMILES string of the molecule is C=C(C)[C@@H]1CC[C@]2(C(=O)O)CC[C@]3(C)[C@H](CC[C@@H]4[C@@]5(C)CC/C(=N\NC(C)=O)C(C)(C)[C@@H]5CC[C@]43C)[C@@H]12. The highest BCUT2D eigenvalue weighted by Gasteiger charge is 2.71. The van der Waals surface area contributed by atoms with E-state index in [1.54, 1.807) is 0 Å². The molecule has 0 bridgehead atoms. The van der Waals surface area contributed by atoms with Crippen molar-refractivity contribution in [3.8, 4) is 0 Å². The van der Waals surface area contributed by atoms with Gasteiger partial charge in [0, 0.05) is 18.1 Å². The number of carbonyl (C=O) groups is 2. The van der Waals surface area contributed by atoms with Gasteiger partial charge in [0.1, 0.15) is 0 Å². The highest BCUT2D eigenvalue weighted by molar-refractivity contribution is 5.91. The Balaban J connectivity index is 1.52. The van der Waals surface area contributed by atoms with E-state index in [2.05, 4.69) is 58.6 Å². The molecule has 0 aromatic rings. The van der Waals surface area contributed by atoms with E-state index in [-0.39, 0.29) is 33.5 Å². The van der Waals surface area contributed by atoms with Crippen LogP contribution >= 0.6 is 0 Å². The van der Waals surface area contributed by atoms with Crippen LogP contribution in [0.5, 0.6) is 0 Å². The summed E-state index contributed by atoms with van der Waals surface area (Å²) in [6, 6.07) is 0. The minimum atomic E-state index is -0.556. The number of carbonyl (C=O) groups excluding carboxylic acids is 1. The lowest BCUT2D eigenvalue weighted by Crippen LogP contribution is -2.66. The van der Waals surface area contributed by atoms with Gasteiger partial charge in [-0.1, -0.05) is 46.8 Å². The van der Waals surface area contributed by atoms with E-state index in [0.717, 1.165) is 50.7 Å². The molecule has 0 heterocycles. The molecular formula is C32H50N2O3. The second-order valence-corrected chi connectivity index (χ2v) is 15.1. The van der Waals surface area contributed by atoms with Gasteiger partial charge in [0.2, 0.25) is 5.91 Å². The van der Waals surface area contributed by atoms with Crippen LogP contribution in [0.15, 0.2) is 17.3 Å². The molecule has 2 N–H and O–H groups in total. The summed E-state index contributed by atoms with van der Waals surface area (Å²) >= 11 is 0. The molecule has 0 aromatic heterocycles. The molecule has 0 radical (unpaired) electrons. The maximum atomic E-state index is 12.8. The Morgan fingerprint density at radius 1 is 0.892 bits per heavy atom. The molecule has 206 valence electrons. The maximum absolute atomic E-state index is 12.8. The number of carboxylic acid groups (broad SMARTS) is 1.